The number of rotatable bonds is 4. The molecule has 146 valence electrons. The highest BCUT2D eigenvalue weighted by atomic mass is 32.2. The second-order valence-electron chi connectivity index (χ2n) is 6.20. The van der Waals surface area contributed by atoms with E-state index in [-0.39, 0.29) is 4.90 Å². The van der Waals surface area contributed by atoms with E-state index in [1.54, 1.807) is 6.92 Å². The van der Waals surface area contributed by atoms with Gasteiger partial charge >= 0.3 is 5.69 Å². The molecule has 3 rings (SSSR count). The summed E-state index contributed by atoms with van der Waals surface area (Å²) in [6.45, 7) is 0.937. The van der Waals surface area contributed by atoms with Gasteiger partial charge < -0.3 is 20.1 Å². The molecule has 4 atom stereocenters. The summed E-state index contributed by atoms with van der Waals surface area (Å²) < 4.78 is 32.7. The fourth-order valence-corrected chi connectivity index (χ4v) is 4.96. The van der Waals surface area contributed by atoms with Gasteiger partial charge in [0.05, 0.1) is 11.5 Å². The van der Waals surface area contributed by atoms with E-state index < -0.39 is 51.1 Å². The third kappa shape index (κ3) is 2.84. The SMILES string of the molecule is Cc1ccc(S(=O)(=O)[C@@]2(n3ccc(=O)[nH]c3=O)O[C@H](CO)[C@@H](O)[C@H]2O)cc1. The smallest absolute Gasteiger partial charge is 0.331 e. The average Bonchev–Trinajstić information content (AvgIpc) is 2.88. The fraction of sp³-hybridized carbons (Fsp3) is 0.375. The minimum Gasteiger partial charge on any atom is -0.394 e. The Morgan fingerprint density at radius 1 is 1.19 bits per heavy atom. The monoisotopic (exact) mass is 398 g/mol. The average molecular weight is 398 g/mol. The molecule has 0 radical (unpaired) electrons. The van der Waals surface area contributed by atoms with Crippen LogP contribution in [0.15, 0.2) is 51.0 Å². The molecule has 0 saturated carbocycles. The summed E-state index contributed by atoms with van der Waals surface area (Å²) in [6.07, 6.45) is -4.54. The highest BCUT2D eigenvalue weighted by Crippen LogP contribution is 2.42. The normalized spacial score (nSPS) is 28.4. The minimum atomic E-state index is -4.63. The molecule has 0 aliphatic carbocycles. The molecular weight excluding hydrogens is 380 g/mol. The second-order valence-corrected chi connectivity index (χ2v) is 8.26. The lowest BCUT2D eigenvalue weighted by molar-refractivity contribution is -0.0887. The number of benzene rings is 1. The number of aromatic amines is 1. The molecule has 0 spiro atoms. The van der Waals surface area contributed by atoms with Gasteiger partial charge in [0, 0.05) is 12.3 Å². The number of aryl methyl sites for hydroxylation is 1. The molecule has 1 aromatic carbocycles. The largest absolute Gasteiger partial charge is 0.394 e. The molecule has 11 heteroatoms. The molecule has 1 aliphatic heterocycles. The predicted octanol–water partition coefficient (Wildman–Crippen LogP) is -1.96. The summed E-state index contributed by atoms with van der Waals surface area (Å²) >= 11 is 0. The van der Waals surface area contributed by atoms with E-state index in [1.165, 1.54) is 24.3 Å². The Kier molecular flexibility index (Phi) is 4.82. The second kappa shape index (κ2) is 6.69. The number of hydrogen-bond acceptors (Lipinski definition) is 8. The van der Waals surface area contributed by atoms with Crippen molar-refractivity contribution in [1.82, 2.24) is 9.55 Å². The maximum absolute atomic E-state index is 13.4. The van der Waals surface area contributed by atoms with Crippen molar-refractivity contribution < 1.29 is 28.5 Å². The number of nitrogens with one attached hydrogen (secondary N) is 1. The van der Waals surface area contributed by atoms with Crippen LogP contribution in [-0.2, 0) is 19.6 Å². The van der Waals surface area contributed by atoms with Crippen LogP contribution >= 0.6 is 0 Å². The Morgan fingerprint density at radius 3 is 2.33 bits per heavy atom. The highest BCUT2D eigenvalue weighted by Gasteiger charge is 2.64. The summed E-state index contributed by atoms with van der Waals surface area (Å²) in [5, 5.41) is 27.4. The topological polar surface area (TPSA) is 159 Å². The number of nitrogens with zero attached hydrogens (tertiary/aromatic N) is 1. The number of aliphatic hydroxyl groups is 3. The molecule has 1 aliphatic rings. The summed E-state index contributed by atoms with van der Waals surface area (Å²) in [4.78, 5) is 25.3. The van der Waals surface area contributed by atoms with E-state index in [0.29, 0.717) is 4.57 Å². The number of ether oxygens (including phenoxy) is 1. The van der Waals surface area contributed by atoms with Crippen molar-refractivity contribution in [3.05, 3.63) is 62.9 Å². The summed E-state index contributed by atoms with van der Waals surface area (Å²) in [5.41, 5.74) is -1.18. The van der Waals surface area contributed by atoms with E-state index in [2.05, 4.69) is 0 Å². The van der Waals surface area contributed by atoms with Crippen molar-refractivity contribution in [2.45, 2.75) is 35.2 Å². The van der Waals surface area contributed by atoms with Gasteiger partial charge in [0.2, 0.25) is 9.84 Å². The molecule has 1 saturated heterocycles. The molecule has 0 amide bonds. The van der Waals surface area contributed by atoms with Gasteiger partial charge in [0.25, 0.3) is 10.6 Å². The zero-order valence-corrected chi connectivity index (χ0v) is 15.0. The van der Waals surface area contributed by atoms with Crippen molar-refractivity contribution in [3.63, 3.8) is 0 Å². The number of aromatic nitrogens is 2. The summed E-state index contributed by atoms with van der Waals surface area (Å²) in [5.74, 6) is 0. The van der Waals surface area contributed by atoms with Crippen molar-refractivity contribution in [2.24, 2.45) is 0 Å². The third-order valence-electron chi connectivity index (χ3n) is 4.45. The molecule has 2 aromatic rings. The van der Waals surface area contributed by atoms with Crippen molar-refractivity contribution in [1.29, 1.82) is 0 Å². The predicted molar refractivity (Wildman–Crippen MR) is 91.6 cm³/mol. The molecule has 0 unspecified atom stereocenters. The van der Waals surface area contributed by atoms with E-state index in [4.69, 9.17) is 4.74 Å². The standard InChI is InChI=1S/C16H18N2O8S/c1-9-2-4-10(5-3-9)27(24,25)16(14(22)13(21)11(8-19)26-16)18-7-6-12(20)17-15(18)23/h2-7,11,13-14,19,21-22H,8H2,1H3,(H,17,20,23)/t11-,13-,14-,16+/m1/s1. The Hall–Kier alpha value is -2.31. The van der Waals surface area contributed by atoms with E-state index in [1.807, 2.05) is 4.98 Å². The highest BCUT2D eigenvalue weighted by molar-refractivity contribution is 7.92. The first-order valence-corrected chi connectivity index (χ1v) is 9.42. The number of sulfone groups is 1. The quantitative estimate of drug-likeness (QED) is 0.462. The van der Waals surface area contributed by atoms with Gasteiger partial charge in [0.1, 0.15) is 18.3 Å². The number of aliphatic hydroxyl groups excluding tert-OH is 3. The van der Waals surface area contributed by atoms with E-state index in [0.717, 1.165) is 17.8 Å². The first-order valence-electron chi connectivity index (χ1n) is 7.93. The maximum Gasteiger partial charge on any atom is 0.331 e. The lowest BCUT2D eigenvalue weighted by Gasteiger charge is -2.33. The lowest BCUT2D eigenvalue weighted by Crippen LogP contribution is -2.56. The van der Waals surface area contributed by atoms with Crippen molar-refractivity contribution >= 4 is 9.84 Å². The molecule has 1 aromatic heterocycles. The van der Waals surface area contributed by atoms with Crippen LogP contribution in [0.5, 0.6) is 0 Å². The van der Waals surface area contributed by atoms with Crippen LogP contribution in [0.4, 0.5) is 0 Å². The Bertz CT molecular complexity index is 1060. The molecular formula is C16H18N2O8S. The summed E-state index contributed by atoms with van der Waals surface area (Å²) in [6, 6.07) is 6.42. The van der Waals surface area contributed by atoms with E-state index >= 15 is 0 Å². The van der Waals surface area contributed by atoms with Crippen LogP contribution in [0.25, 0.3) is 0 Å². The van der Waals surface area contributed by atoms with Gasteiger partial charge in [-0.1, -0.05) is 17.7 Å². The van der Waals surface area contributed by atoms with Gasteiger partial charge in [-0.15, -0.1) is 0 Å². The van der Waals surface area contributed by atoms with Gasteiger partial charge in [0.15, 0.2) is 0 Å². The molecule has 1 fully saturated rings. The molecule has 4 N–H and O–H groups in total. The van der Waals surface area contributed by atoms with Gasteiger partial charge in [-0.05, 0) is 19.1 Å². The van der Waals surface area contributed by atoms with Crippen LogP contribution in [0.1, 0.15) is 5.56 Å². The van der Waals surface area contributed by atoms with Gasteiger partial charge in [-0.25, -0.2) is 13.2 Å². The molecule has 0 bridgehead atoms. The molecule has 2 heterocycles. The Morgan fingerprint density at radius 2 is 1.81 bits per heavy atom. The van der Waals surface area contributed by atoms with Gasteiger partial charge in [-0.3, -0.25) is 14.3 Å². The van der Waals surface area contributed by atoms with Crippen LogP contribution < -0.4 is 11.2 Å². The molecule has 27 heavy (non-hydrogen) atoms. The Labute approximate surface area is 153 Å². The van der Waals surface area contributed by atoms with Crippen LogP contribution in [-0.4, -0.2) is 58.2 Å². The number of hydrogen-bond donors (Lipinski definition) is 4. The zero-order chi connectivity index (χ0) is 20.0. The first-order chi connectivity index (χ1) is 12.6. The summed E-state index contributed by atoms with van der Waals surface area (Å²) in [7, 11) is -4.63. The first kappa shape index (κ1) is 19.5. The zero-order valence-electron chi connectivity index (χ0n) is 14.1. The molecule has 10 nitrogen and oxygen atoms in total. The van der Waals surface area contributed by atoms with Crippen molar-refractivity contribution in [2.75, 3.05) is 6.61 Å². The van der Waals surface area contributed by atoms with Gasteiger partial charge in [-0.2, -0.15) is 0 Å². The fourth-order valence-electron chi connectivity index (χ4n) is 3.02. The lowest BCUT2D eigenvalue weighted by atomic mass is 10.1. The minimum absolute atomic E-state index is 0.281. The van der Waals surface area contributed by atoms with Crippen LogP contribution in [0.3, 0.4) is 0 Å². The van der Waals surface area contributed by atoms with Crippen LogP contribution in [0.2, 0.25) is 0 Å². The third-order valence-corrected chi connectivity index (χ3v) is 6.65. The number of H-pyrrole nitrogens is 1. The van der Waals surface area contributed by atoms with E-state index in [9.17, 15) is 33.3 Å². The maximum atomic E-state index is 13.4. The van der Waals surface area contributed by atoms with Crippen LogP contribution in [0, 0.1) is 6.92 Å². The Balaban J connectivity index is 2.34. The van der Waals surface area contributed by atoms with Crippen molar-refractivity contribution in [3.8, 4) is 0 Å².